The largest absolute Gasteiger partial charge is 0.464 e. The van der Waals surface area contributed by atoms with E-state index >= 15 is 0 Å². The Balaban J connectivity index is 2.21. The molecule has 0 aromatic carbocycles. The van der Waals surface area contributed by atoms with Gasteiger partial charge in [0, 0.05) is 13.2 Å². The Hall–Kier alpha value is -0.450. The van der Waals surface area contributed by atoms with Gasteiger partial charge in [0.05, 0.1) is 18.4 Å². The van der Waals surface area contributed by atoms with Crippen molar-refractivity contribution in [3.05, 3.63) is 23.7 Å². The number of thioether (sulfide) groups is 1. The average molecular weight is 243 g/mol. The zero-order valence-corrected chi connectivity index (χ0v) is 11.1. The lowest BCUT2D eigenvalue weighted by atomic mass is 10.3. The molecule has 3 nitrogen and oxygen atoms in total. The molecule has 1 atom stereocenters. The fraction of sp³-hybridized carbons (Fsp3) is 0.667. The molecule has 0 aliphatic carbocycles. The third kappa shape index (κ3) is 5.05. The second-order valence-electron chi connectivity index (χ2n) is 3.70. The highest BCUT2D eigenvalue weighted by atomic mass is 32.2. The molecule has 0 bridgehead atoms. The summed E-state index contributed by atoms with van der Waals surface area (Å²) in [5, 5.41) is 3.32. The van der Waals surface area contributed by atoms with Gasteiger partial charge in [0.25, 0.3) is 0 Å². The van der Waals surface area contributed by atoms with Crippen LogP contribution in [-0.2, 0) is 17.0 Å². The van der Waals surface area contributed by atoms with Crippen LogP contribution in [0.1, 0.15) is 25.4 Å². The minimum atomic E-state index is 0.255. The lowest BCUT2D eigenvalue weighted by Crippen LogP contribution is -2.26. The van der Waals surface area contributed by atoms with Crippen LogP contribution in [0.2, 0.25) is 0 Å². The van der Waals surface area contributed by atoms with Gasteiger partial charge in [-0.3, -0.25) is 0 Å². The van der Waals surface area contributed by atoms with Gasteiger partial charge in [0.2, 0.25) is 0 Å². The first-order valence-corrected chi connectivity index (χ1v) is 7.04. The molecule has 92 valence electrons. The molecule has 0 saturated heterocycles. The first kappa shape index (κ1) is 13.6. The van der Waals surface area contributed by atoms with E-state index < -0.39 is 0 Å². The standard InChI is InChI=1S/C12H21NO2S/c1-4-14-10(2)7-13-8-11-5-6-12(15-11)9-16-3/h5-6,10,13H,4,7-9H2,1-3H3. The molecule has 1 rings (SSSR count). The van der Waals surface area contributed by atoms with Gasteiger partial charge in [-0.25, -0.2) is 0 Å². The van der Waals surface area contributed by atoms with E-state index in [1.165, 1.54) is 0 Å². The minimum absolute atomic E-state index is 0.255. The van der Waals surface area contributed by atoms with Gasteiger partial charge in [-0.15, -0.1) is 0 Å². The first-order chi connectivity index (χ1) is 7.76. The average Bonchev–Trinajstić information content (AvgIpc) is 2.67. The van der Waals surface area contributed by atoms with Crippen molar-refractivity contribution >= 4 is 11.8 Å². The van der Waals surface area contributed by atoms with E-state index in [9.17, 15) is 0 Å². The van der Waals surface area contributed by atoms with Crippen LogP contribution in [0.5, 0.6) is 0 Å². The third-order valence-corrected chi connectivity index (χ3v) is 2.76. The van der Waals surface area contributed by atoms with Crippen molar-refractivity contribution in [2.45, 2.75) is 32.2 Å². The van der Waals surface area contributed by atoms with Crippen LogP contribution < -0.4 is 5.32 Å². The molecular formula is C12H21NO2S. The molecule has 1 aromatic heterocycles. The highest BCUT2D eigenvalue weighted by molar-refractivity contribution is 7.97. The van der Waals surface area contributed by atoms with E-state index in [4.69, 9.17) is 9.15 Å². The van der Waals surface area contributed by atoms with Crippen molar-refractivity contribution in [2.75, 3.05) is 19.4 Å². The molecule has 1 N–H and O–H groups in total. The van der Waals surface area contributed by atoms with Crippen molar-refractivity contribution in [2.24, 2.45) is 0 Å². The molecule has 0 radical (unpaired) electrons. The van der Waals surface area contributed by atoms with E-state index in [1.54, 1.807) is 11.8 Å². The van der Waals surface area contributed by atoms with Gasteiger partial charge in [0.1, 0.15) is 11.5 Å². The summed E-state index contributed by atoms with van der Waals surface area (Å²) in [5.74, 6) is 2.98. The topological polar surface area (TPSA) is 34.4 Å². The van der Waals surface area contributed by atoms with Crippen molar-refractivity contribution < 1.29 is 9.15 Å². The number of nitrogens with one attached hydrogen (secondary N) is 1. The maximum Gasteiger partial charge on any atom is 0.118 e. The smallest absolute Gasteiger partial charge is 0.118 e. The van der Waals surface area contributed by atoms with Crippen molar-refractivity contribution in [1.82, 2.24) is 5.32 Å². The molecule has 0 saturated carbocycles. The Morgan fingerprint density at radius 1 is 1.44 bits per heavy atom. The van der Waals surface area contributed by atoms with Gasteiger partial charge in [-0.05, 0) is 32.2 Å². The molecule has 0 spiro atoms. The Kier molecular flexibility index (Phi) is 6.61. The fourth-order valence-electron chi connectivity index (χ4n) is 1.48. The quantitative estimate of drug-likeness (QED) is 0.761. The van der Waals surface area contributed by atoms with E-state index in [-0.39, 0.29) is 6.10 Å². The Labute approximate surface area is 102 Å². The zero-order valence-electron chi connectivity index (χ0n) is 10.3. The molecule has 0 aliphatic rings. The number of ether oxygens (including phenoxy) is 1. The van der Waals surface area contributed by atoms with Crippen LogP contribution in [-0.4, -0.2) is 25.5 Å². The lowest BCUT2D eigenvalue weighted by Gasteiger charge is -2.11. The van der Waals surface area contributed by atoms with Crippen LogP contribution in [0.3, 0.4) is 0 Å². The zero-order chi connectivity index (χ0) is 11.8. The second-order valence-corrected chi connectivity index (χ2v) is 4.56. The summed E-state index contributed by atoms with van der Waals surface area (Å²) in [4.78, 5) is 0. The second kappa shape index (κ2) is 7.76. The van der Waals surface area contributed by atoms with E-state index in [0.29, 0.717) is 0 Å². The number of hydrogen-bond donors (Lipinski definition) is 1. The fourth-order valence-corrected chi connectivity index (χ4v) is 1.92. The first-order valence-electron chi connectivity index (χ1n) is 5.65. The molecule has 1 aromatic rings. The normalized spacial score (nSPS) is 12.9. The number of rotatable bonds is 8. The van der Waals surface area contributed by atoms with E-state index in [0.717, 1.165) is 37.0 Å². The lowest BCUT2D eigenvalue weighted by molar-refractivity contribution is 0.0756. The summed E-state index contributed by atoms with van der Waals surface area (Å²) < 4.78 is 11.1. The van der Waals surface area contributed by atoms with Crippen molar-refractivity contribution in [3.8, 4) is 0 Å². The Morgan fingerprint density at radius 2 is 2.19 bits per heavy atom. The molecule has 0 amide bonds. The summed E-state index contributed by atoms with van der Waals surface area (Å²) in [5.41, 5.74) is 0. The highest BCUT2D eigenvalue weighted by Crippen LogP contribution is 2.13. The van der Waals surface area contributed by atoms with Gasteiger partial charge in [-0.2, -0.15) is 11.8 Å². The Bertz CT molecular complexity index is 288. The minimum Gasteiger partial charge on any atom is -0.464 e. The van der Waals surface area contributed by atoms with Gasteiger partial charge < -0.3 is 14.5 Å². The van der Waals surface area contributed by atoms with Crippen LogP contribution in [0, 0.1) is 0 Å². The van der Waals surface area contributed by atoms with Crippen molar-refractivity contribution in [3.63, 3.8) is 0 Å². The number of hydrogen-bond acceptors (Lipinski definition) is 4. The maximum atomic E-state index is 5.64. The van der Waals surface area contributed by atoms with Crippen LogP contribution >= 0.6 is 11.8 Å². The number of furan rings is 1. The molecule has 16 heavy (non-hydrogen) atoms. The SMILES string of the molecule is CCOC(C)CNCc1ccc(CSC)o1. The van der Waals surface area contributed by atoms with Crippen LogP contribution in [0.4, 0.5) is 0 Å². The van der Waals surface area contributed by atoms with Crippen LogP contribution in [0.25, 0.3) is 0 Å². The van der Waals surface area contributed by atoms with E-state index in [1.807, 2.05) is 19.1 Å². The molecule has 1 heterocycles. The summed E-state index contributed by atoms with van der Waals surface area (Å²) in [7, 11) is 0. The third-order valence-electron chi connectivity index (χ3n) is 2.19. The van der Waals surface area contributed by atoms with Gasteiger partial charge in [0.15, 0.2) is 0 Å². The maximum absolute atomic E-state index is 5.64. The summed E-state index contributed by atoms with van der Waals surface area (Å²) >= 11 is 1.77. The summed E-state index contributed by atoms with van der Waals surface area (Å²) in [6, 6.07) is 4.07. The predicted octanol–water partition coefficient (Wildman–Crippen LogP) is 2.66. The summed E-state index contributed by atoms with van der Waals surface area (Å²) in [6.45, 7) is 6.47. The van der Waals surface area contributed by atoms with Crippen molar-refractivity contribution in [1.29, 1.82) is 0 Å². The van der Waals surface area contributed by atoms with Gasteiger partial charge >= 0.3 is 0 Å². The Morgan fingerprint density at radius 3 is 2.88 bits per heavy atom. The van der Waals surface area contributed by atoms with Gasteiger partial charge in [-0.1, -0.05) is 0 Å². The van der Waals surface area contributed by atoms with E-state index in [2.05, 4.69) is 18.5 Å². The molecule has 4 heteroatoms. The summed E-state index contributed by atoms with van der Waals surface area (Å²) in [6.07, 6.45) is 2.33. The highest BCUT2D eigenvalue weighted by Gasteiger charge is 2.03. The van der Waals surface area contributed by atoms with Crippen LogP contribution in [0.15, 0.2) is 16.5 Å². The molecule has 1 unspecified atom stereocenters. The predicted molar refractivity (Wildman–Crippen MR) is 68.7 cm³/mol. The monoisotopic (exact) mass is 243 g/mol. The molecule has 0 aliphatic heterocycles. The molecular weight excluding hydrogens is 222 g/mol. The molecule has 0 fully saturated rings.